The highest BCUT2D eigenvalue weighted by atomic mass is 35.5. The van der Waals surface area contributed by atoms with Crippen LogP contribution in [0.25, 0.3) is 11.0 Å². The van der Waals surface area contributed by atoms with Gasteiger partial charge in [0.05, 0.1) is 16.1 Å². The third kappa shape index (κ3) is 3.35. The summed E-state index contributed by atoms with van der Waals surface area (Å²) in [5, 5.41) is 0.128. The quantitative estimate of drug-likeness (QED) is 0.681. The number of nitrogens with zero attached hydrogens (tertiary/aromatic N) is 2. The molecule has 0 aliphatic heterocycles. The summed E-state index contributed by atoms with van der Waals surface area (Å²) >= 11 is 11.8. The Hall–Kier alpha value is -0.800. The highest BCUT2D eigenvalue weighted by Crippen LogP contribution is 2.32. The van der Waals surface area contributed by atoms with E-state index in [9.17, 15) is 4.39 Å². The molecular formula is C16H21Cl2FN2. The largest absolute Gasteiger partial charge is 0.327 e. The van der Waals surface area contributed by atoms with Gasteiger partial charge >= 0.3 is 0 Å². The Labute approximate surface area is 135 Å². The minimum Gasteiger partial charge on any atom is -0.327 e. The van der Waals surface area contributed by atoms with Crippen LogP contribution in [0.5, 0.6) is 0 Å². The second-order valence-corrected chi connectivity index (χ2v) is 7.24. The van der Waals surface area contributed by atoms with Gasteiger partial charge in [0.15, 0.2) is 0 Å². The van der Waals surface area contributed by atoms with E-state index in [0.29, 0.717) is 23.7 Å². The second kappa shape index (κ2) is 6.13. The number of imidazole rings is 1. The fraction of sp³-hybridized carbons (Fsp3) is 0.562. The average molecular weight is 331 g/mol. The molecule has 1 heterocycles. The molecule has 1 aromatic heterocycles. The molecule has 0 unspecified atom stereocenters. The van der Waals surface area contributed by atoms with Crippen molar-refractivity contribution in [1.29, 1.82) is 0 Å². The molecule has 1 aromatic carbocycles. The third-order valence-corrected chi connectivity index (χ3v) is 4.79. The van der Waals surface area contributed by atoms with Gasteiger partial charge in [0.2, 0.25) is 0 Å². The lowest BCUT2D eigenvalue weighted by atomic mass is 9.81. The molecule has 0 aliphatic carbocycles. The van der Waals surface area contributed by atoms with Gasteiger partial charge in [-0.05, 0) is 17.4 Å². The van der Waals surface area contributed by atoms with Crippen LogP contribution < -0.4 is 0 Å². The van der Waals surface area contributed by atoms with E-state index >= 15 is 0 Å². The van der Waals surface area contributed by atoms with Crippen molar-refractivity contribution in [3.05, 3.63) is 28.8 Å². The van der Waals surface area contributed by atoms with Crippen molar-refractivity contribution >= 4 is 34.2 Å². The van der Waals surface area contributed by atoms with Crippen LogP contribution in [0.15, 0.2) is 12.1 Å². The smallest absolute Gasteiger partial charge is 0.144 e. The first-order valence-electron chi connectivity index (χ1n) is 7.16. The molecule has 0 atom stereocenters. The van der Waals surface area contributed by atoms with Gasteiger partial charge in [0.25, 0.3) is 0 Å². The van der Waals surface area contributed by atoms with Gasteiger partial charge in [-0.1, -0.05) is 39.3 Å². The van der Waals surface area contributed by atoms with Gasteiger partial charge in [-0.2, -0.15) is 0 Å². The van der Waals surface area contributed by atoms with E-state index in [2.05, 4.69) is 37.2 Å². The summed E-state index contributed by atoms with van der Waals surface area (Å²) in [6, 6.07) is 3.06. The molecule has 0 fully saturated rings. The van der Waals surface area contributed by atoms with Crippen molar-refractivity contribution in [2.75, 3.05) is 5.88 Å². The number of aryl methyl sites for hydroxylation is 1. The lowest BCUT2D eigenvalue weighted by Crippen LogP contribution is -2.26. The van der Waals surface area contributed by atoms with Gasteiger partial charge in [-0.15, -0.1) is 11.6 Å². The first-order valence-corrected chi connectivity index (χ1v) is 8.07. The van der Waals surface area contributed by atoms with Crippen molar-refractivity contribution < 1.29 is 4.39 Å². The van der Waals surface area contributed by atoms with E-state index in [0.717, 1.165) is 17.9 Å². The van der Waals surface area contributed by atoms with Gasteiger partial charge in [0.1, 0.15) is 11.6 Å². The van der Waals surface area contributed by atoms with E-state index in [4.69, 9.17) is 23.2 Å². The lowest BCUT2D eigenvalue weighted by molar-refractivity contribution is 0.210. The van der Waals surface area contributed by atoms with E-state index in [1.165, 1.54) is 6.07 Å². The summed E-state index contributed by atoms with van der Waals surface area (Å²) in [6.45, 7) is 9.65. The van der Waals surface area contributed by atoms with Crippen LogP contribution in [-0.4, -0.2) is 15.4 Å². The zero-order valence-corrected chi connectivity index (χ0v) is 14.4. The number of hydrogen-bond donors (Lipinski definition) is 0. The van der Waals surface area contributed by atoms with Gasteiger partial charge < -0.3 is 4.57 Å². The van der Waals surface area contributed by atoms with Crippen LogP contribution in [0.2, 0.25) is 5.02 Å². The summed E-state index contributed by atoms with van der Waals surface area (Å²) < 4.78 is 15.8. The minimum absolute atomic E-state index is 0.0928. The summed E-state index contributed by atoms with van der Waals surface area (Å²) in [4.78, 5) is 4.53. The van der Waals surface area contributed by atoms with Crippen LogP contribution in [0.4, 0.5) is 4.39 Å². The highest BCUT2D eigenvalue weighted by Gasteiger charge is 2.25. The summed E-state index contributed by atoms with van der Waals surface area (Å²) in [5.74, 6) is 1.45. The molecular weight excluding hydrogens is 310 g/mol. The molecule has 0 bridgehead atoms. The van der Waals surface area contributed by atoms with Gasteiger partial charge in [-0.3, -0.25) is 0 Å². The zero-order chi connectivity index (χ0) is 15.8. The van der Waals surface area contributed by atoms with E-state index in [1.54, 1.807) is 6.07 Å². The molecule has 0 aliphatic rings. The van der Waals surface area contributed by atoms with Gasteiger partial charge in [0, 0.05) is 24.9 Å². The maximum atomic E-state index is 13.6. The predicted octanol–water partition coefficient (Wildman–Crippen LogP) is 5.29. The summed E-state index contributed by atoms with van der Waals surface area (Å²) in [6.07, 6.45) is 0.656. The molecule has 0 N–H and O–H groups in total. The average Bonchev–Trinajstić information content (AvgIpc) is 2.68. The first-order chi connectivity index (χ1) is 9.76. The third-order valence-electron chi connectivity index (χ3n) is 4.32. The lowest BCUT2D eigenvalue weighted by Gasteiger charge is -2.30. The molecule has 0 amide bonds. The molecule has 0 radical (unpaired) electrons. The second-order valence-electron chi connectivity index (χ2n) is 6.45. The van der Waals surface area contributed by atoms with Crippen LogP contribution in [0, 0.1) is 17.2 Å². The van der Waals surface area contributed by atoms with E-state index < -0.39 is 5.82 Å². The van der Waals surface area contributed by atoms with E-state index in [1.807, 2.05) is 0 Å². The maximum absolute atomic E-state index is 13.6. The Bertz CT molecular complexity index is 647. The maximum Gasteiger partial charge on any atom is 0.144 e. The SMILES string of the molecule is CC(C)C(C)(C)Cn1c(CCCl)nc2cc(F)c(Cl)cc21. The molecule has 21 heavy (non-hydrogen) atoms. The number of alkyl halides is 1. The number of aromatic nitrogens is 2. The topological polar surface area (TPSA) is 17.8 Å². The Kier molecular flexibility index (Phi) is 4.84. The molecule has 2 nitrogen and oxygen atoms in total. The van der Waals surface area contributed by atoms with Crippen LogP contribution in [-0.2, 0) is 13.0 Å². The van der Waals surface area contributed by atoms with Crippen molar-refractivity contribution in [3.8, 4) is 0 Å². The predicted molar refractivity (Wildman–Crippen MR) is 87.7 cm³/mol. The Morgan fingerprint density at radius 1 is 1.33 bits per heavy atom. The Balaban J connectivity index is 2.58. The summed E-state index contributed by atoms with van der Waals surface area (Å²) in [7, 11) is 0. The fourth-order valence-electron chi connectivity index (χ4n) is 2.21. The van der Waals surface area contributed by atoms with Crippen LogP contribution in [0.3, 0.4) is 0 Å². The molecule has 0 spiro atoms. The van der Waals surface area contributed by atoms with Crippen molar-refractivity contribution in [1.82, 2.24) is 9.55 Å². The van der Waals surface area contributed by atoms with Gasteiger partial charge in [-0.25, -0.2) is 9.37 Å². The van der Waals surface area contributed by atoms with Crippen LogP contribution >= 0.6 is 23.2 Å². The van der Waals surface area contributed by atoms with Crippen molar-refractivity contribution in [2.24, 2.45) is 11.3 Å². The molecule has 0 saturated heterocycles. The number of hydrogen-bond acceptors (Lipinski definition) is 1. The number of halogens is 3. The normalized spacial score (nSPS) is 12.6. The molecule has 5 heteroatoms. The van der Waals surface area contributed by atoms with E-state index in [-0.39, 0.29) is 10.4 Å². The van der Waals surface area contributed by atoms with Crippen LogP contribution in [0.1, 0.15) is 33.5 Å². The fourth-order valence-corrected chi connectivity index (χ4v) is 2.54. The van der Waals surface area contributed by atoms with Crippen molar-refractivity contribution in [2.45, 2.75) is 40.7 Å². The Morgan fingerprint density at radius 3 is 2.57 bits per heavy atom. The molecule has 2 rings (SSSR count). The Morgan fingerprint density at radius 2 is 2.00 bits per heavy atom. The highest BCUT2D eigenvalue weighted by molar-refractivity contribution is 6.31. The number of fused-ring (bicyclic) bond motifs is 1. The zero-order valence-electron chi connectivity index (χ0n) is 12.9. The number of rotatable bonds is 5. The molecule has 0 saturated carbocycles. The minimum atomic E-state index is -0.436. The molecule has 116 valence electrons. The number of benzene rings is 1. The first kappa shape index (κ1) is 16.6. The standard InChI is InChI=1S/C16H21Cl2FN2/c1-10(2)16(3,4)9-21-14-7-11(18)12(19)8-13(14)20-15(21)5-6-17/h7-8,10H,5-6,9H2,1-4H3. The monoisotopic (exact) mass is 330 g/mol. The van der Waals surface area contributed by atoms with Crippen molar-refractivity contribution in [3.63, 3.8) is 0 Å². The summed E-state index contributed by atoms with van der Waals surface area (Å²) in [5.41, 5.74) is 1.60. The molecule has 2 aromatic rings.